The van der Waals surface area contributed by atoms with Crippen LogP contribution >= 0.6 is 0 Å². The molecule has 0 aromatic carbocycles. The summed E-state index contributed by atoms with van der Waals surface area (Å²) in [5.41, 5.74) is 0. The monoisotopic (exact) mass is 239 g/mol. The number of carbonyl (C=O) groups excluding carboxylic acids is 1. The quantitative estimate of drug-likeness (QED) is 0.810. The summed E-state index contributed by atoms with van der Waals surface area (Å²) in [6.07, 6.45) is 7.72. The first-order valence-corrected chi connectivity index (χ1v) is 7.00. The number of hydrogen-bond donors (Lipinski definition) is 1. The van der Waals surface area contributed by atoms with Gasteiger partial charge in [0.15, 0.2) is 0 Å². The van der Waals surface area contributed by atoms with Crippen LogP contribution in [0, 0.1) is 0 Å². The SMILES string of the molecule is CN(CCNC(=O)N1CCCC1)C1CCCC1. The highest BCUT2D eigenvalue weighted by molar-refractivity contribution is 5.74. The highest BCUT2D eigenvalue weighted by Gasteiger charge is 2.20. The molecule has 0 unspecified atom stereocenters. The third kappa shape index (κ3) is 3.60. The Balaban J connectivity index is 1.59. The van der Waals surface area contributed by atoms with Crippen molar-refractivity contribution >= 4 is 6.03 Å². The summed E-state index contributed by atoms with van der Waals surface area (Å²) < 4.78 is 0. The molecule has 1 aliphatic heterocycles. The largest absolute Gasteiger partial charge is 0.337 e. The molecule has 0 aromatic heterocycles. The summed E-state index contributed by atoms with van der Waals surface area (Å²) >= 11 is 0. The van der Waals surface area contributed by atoms with Gasteiger partial charge in [-0.25, -0.2) is 4.79 Å². The van der Waals surface area contributed by atoms with Crippen LogP contribution in [0.1, 0.15) is 38.5 Å². The van der Waals surface area contributed by atoms with E-state index in [9.17, 15) is 4.79 Å². The maximum absolute atomic E-state index is 11.7. The van der Waals surface area contributed by atoms with Gasteiger partial charge in [0.25, 0.3) is 0 Å². The van der Waals surface area contributed by atoms with Crippen molar-refractivity contribution in [2.75, 3.05) is 33.2 Å². The zero-order chi connectivity index (χ0) is 12.1. The minimum atomic E-state index is 0.127. The van der Waals surface area contributed by atoms with Gasteiger partial charge in [-0.05, 0) is 32.7 Å². The third-order valence-electron chi connectivity index (χ3n) is 4.08. The minimum absolute atomic E-state index is 0.127. The molecule has 2 rings (SSSR count). The van der Waals surface area contributed by atoms with E-state index >= 15 is 0 Å². The summed E-state index contributed by atoms with van der Waals surface area (Å²) in [5, 5.41) is 3.02. The maximum Gasteiger partial charge on any atom is 0.317 e. The molecule has 17 heavy (non-hydrogen) atoms. The number of likely N-dealkylation sites (N-methyl/N-ethyl adjacent to an activating group) is 1. The molecule has 1 N–H and O–H groups in total. The Labute approximate surface area is 104 Å². The summed E-state index contributed by atoms with van der Waals surface area (Å²) in [6, 6.07) is 0.876. The summed E-state index contributed by atoms with van der Waals surface area (Å²) in [6.45, 7) is 3.63. The van der Waals surface area contributed by atoms with Gasteiger partial charge in [-0.2, -0.15) is 0 Å². The lowest BCUT2D eigenvalue weighted by Gasteiger charge is -2.24. The van der Waals surface area contributed by atoms with E-state index in [1.807, 2.05) is 4.90 Å². The van der Waals surface area contributed by atoms with Crippen LogP contribution in [0.3, 0.4) is 0 Å². The second-order valence-electron chi connectivity index (χ2n) is 5.34. The van der Waals surface area contributed by atoms with Crippen molar-refractivity contribution in [1.82, 2.24) is 15.1 Å². The van der Waals surface area contributed by atoms with Crippen LogP contribution in [0.15, 0.2) is 0 Å². The van der Waals surface area contributed by atoms with Crippen molar-refractivity contribution in [3.05, 3.63) is 0 Å². The molecule has 1 heterocycles. The van der Waals surface area contributed by atoms with E-state index in [1.54, 1.807) is 0 Å². The molecule has 0 atom stereocenters. The average Bonchev–Trinajstić information content (AvgIpc) is 3.02. The van der Waals surface area contributed by atoms with Crippen molar-refractivity contribution < 1.29 is 4.79 Å². The Hall–Kier alpha value is -0.770. The zero-order valence-electron chi connectivity index (χ0n) is 11.0. The van der Waals surface area contributed by atoms with Crippen molar-refractivity contribution in [3.63, 3.8) is 0 Å². The van der Waals surface area contributed by atoms with Crippen LogP contribution in [-0.4, -0.2) is 55.1 Å². The highest BCUT2D eigenvalue weighted by Crippen LogP contribution is 2.21. The first-order chi connectivity index (χ1) is 8.27. The Bertz CT molecular complexity index is 245. The molecule has 2 amide bonds. The van der Waals surface area contributed by atoms with Crippen LogP contribution in [0.2, 0.25) is 0 Å². The molecule has 0 spiro atoms. The molecule has 4 heteroatoms. The third-order valence-corrected chi connectivity index (χ3v) is 4.08. The highest BCUT2D eigenvalue weighted by atomic mass is 16.2. The van der Waals surface area contributed by atoms with Gasteiger partial charge < -0.3 is 15.1 Å². The Morgan fingerprint density at radius 3 is 2.53 bits per heavy atom. The molecule has 2 aliphatic rings. The van der Waals surface area contributed by atoms with Crippen LogP contribution in [-0.2, 0) is 0 Å². The molecule has 2 fully saturated rings. The minimum Gasteiger partial charge on any atom is -0.337 e. The van der Waals surface area contributed by atoms with Gasteiger partial charge in [0.05, 0.1) is 0 Å². The average molecular weight is 239 g/mol. The number of carbonyl (C=O) groups is 1. The van der Waals surface area contributed by atoms with E-state index in [4.69, 9.17) is 0 Å². The molecule has 1 saturated heterocycles. The number of urea groups is 1. The Kier molecular flexibility index (Phi) is 4.66. The summed E-state index contributed by atoms with van der Waals surface area (Å²) in [5.74, 6) is 0. The topological polar surface area (TPSA) is 35.6 Å². The molecule has 0 radical (unpaired) electrons. The van der Waals surface area contributed by atoms with E-state index in [2.05, 4.69) is 17.3 Å². The van der Waals surface area contributed by atoms with Gasteiger partial charge in [0.2, 0.25) is 0 Å². The predicted molar refractivity (Wildman–Crippen MR) is 69.1 cm³/mol. The van der Waals surface area contributed by atoms with Crippen LogP contribution < -0.4 is 5.32 Å². The van der Waals surface area contributed by atoms with Crippen molar-refractivity contribution in [2.45, 2.75) is 44.6 Å². The Morgan fingerprint density at radius 2 is 1.88 bits per heavy atom. The van der Waals surface area contributed by atoms with Crippen LogP contribution in [0.25, 0.3) is 0 Å². The number of nitrogens with one attached hydrogen (secondary N) is 1. The molecule has 98 valence electrons. The van der Waals surface area contributed by atoms with Gasteiger partial charge in [0.1, 0.15) is 0 Å². The number of likely N-dealkylation sites (tertiary alicyclic amines) is 1. The normalized spacial score (nSPS) is 21.4. The fraction of sp³-hybridized carbons (Fsp3) is 0.923. The molecule has 0 aromatic rings. The number of nitrogens with zero attached hydrogens (tertiary/aromatic N) is 2. The molecular formula is C13H25N3O. The predicted octanol–water partition coefficient (Wildman–Crippen LogP) is 1.67. The van der Waals surface area contributed by atoms with Crippen molar-refractivity contribution in [1.29, 1.82) is 0 Å². The number of hydrogen-bond acceptors (Lipinski definition) is 2. The van der Waals surface area contributed by atoms with Gasteiger partial charge >= 0.3 is 6.03 Å². The zero-order valence-corrected chi connectivity index (χ0v) is 11.0. The van der Waals surface area contributed by atoms with Crippen molar-refractivity contribution in [2.24, 2.45) is 0 Å². The lowest BCUT2D eigenvalue weighted by atomic mass is 10.2. The van der Waals surface area contributed by atoms with Gasteiger partial charge in [0, 0.05) is 32.2 Å². The van der Waals surface area contributed by atoms with E-state index < -0.39 is 0 Å². The van der Waals surface area contributed by atoms with E-state index in [-0.39, 0.29) is 6.03 Å². The second-order valence-corrected chi connectivity index (χ2v) is 5.34. The lowest BCUT2D eigenvalue weighted by molar-refractivity contribution is 0.202. The van der Waals surface area contributed by atoms with E-state index in [0.717, 1.165) is 45.1 Å². The Morgan fingerprint density at radius 1 is 1.24 bits per heavy atom. The van der Waals surface area contributed by atoms with E-state index in [0.29, 0.717) is 0 Å². The van der Waals surface area contributed by atoms with E-state index in [1.165, 1.54) is 25.7 Å². The molecular weight excluding hydrogens is 214 g/mol. The molecule has 0 bridgehead atoms. The number of amides is 2. The van der Waals surface area contributed by atoms with Gasteiger partial charge in [-0.3, -0.25) is 0 Å². The van der Waals surface area contributed by atoms with Crippen LogP contribution in [0.5, 0.6) is 0 Å². The van der Waals surface area contributed by atoms with Crippen molar-refractivity contribution in [3.8, 4) is 0 Å². The summed E-state index contributed by atoms with van der Waals surface area (Å²) in [7, 11) is 2.18. The molecule has 4 nitrogen and oxygen atoms in total. The summed E-state index contributed by atoms with van der Waals surface area (Å²) in [4.78, 5) is 16.1. The fourth-order valence-electron chi connectivity index (χ4n) is 2.90. The van der Waals surface area contributed by atoms with Gasteiger partial charge in [-0.1, -0.05) is 12.8 Å². The first kappa shape index (κ1) is 12.7. The first-order valence-electron chi connectivity index (χ1n) is 7.00. The molecule has 1 aliphatic carbocycles. The smallest absolute Gasteiger partial charge is 0.317 e. The fourth-order valence-corrected chi connectivity index (χ4v) is 2.90. The molecule has 1 saturated carbocycles. The maximum atomic E-state index is 11.7. The lowest BCUT2D eigenvalue weighted by Crippen LogP contribution is -2.42. The standard InChI is InChI=1S/C13H25N3O/c1-15(12-6-2-3-7-12)11-8-14-13(17)16-9-4-5-10-16/h12H,2-11H2,1H3,(H,14,17). The number of rotatable bonds is 4. The van der Waals surface area contributed by atoms with Gasteiger partial charge in [-0.15, -0.1) is 0 Å². The second kappa shape index (κ2) is 6.24. The van der Waals surface area contributed by atoms with Crippen LogP contribution in [0.4, 0.5) is 4.79 Å².